The zero-order chi connectivity index (χ0) is 17.6. The molecule has 0 saturated heterocycles. The topological polar surface area (TPSA) is 82.7 Å². The molecule has 7 heteroatoms. The van der Waals surface area contributed by atoms with Crippen LogP contribution in [0.15, 0.2) is 57.7 Å². The minimum absolute atomic E-state index is 0.0988. The molecule has 2 aromatic carbocycles. The van der Waals surface area contributed by atoms with Crippen molar-refractivity contribution in [2.45, 2.75) is 6.54 Å². The number of para-hydroxylation sites is 2. The van der Waals surface area contributed by atoms with Gasteiger partial charge < -0.3 is 19.2 Å². The van der Waals surface area contributed by atoms with E-state index in [0.29, 0.717) is 30.0 Å². The molecule has 0 atom stereocenters. The van der Waals surface area contributed by atoms with E-state index in [2.05, 4.69) is 5.32 Å². The Labute approximate surface area is 143 Å². The maximum Gasteiger partial charge on any atom is 0.420 e. The zero-order valence-electron chi connectivity index (χ0n) is 13.7. The van der Waals surface area contributed by atoms with Crippen LogP contribution in [0.5, 0.6) is 11.5 Å². The summed E-state index contributed by atoms with van der Waals surface area (Å²) in [6.45, 7) is 0.548. The van der Waals surface area contributed by atoms with Crippen molar-refractivity contribution in [2.75, 3.05) is 20.3 Å². The molecule has 0 fully saturated rings. The zero-order valence-corrected chi connectivity index (χ0v) is 13.7. The highest BCUT2D eigenvalue weighted by Crippen LogP contribution is 2.16. The van der Waals surface area contributed by atoms with Gasteiger partial charge in [0.2, 0.25) is 5.91 Å². The molecule has 1 amide bonds. The van der Waals surface area contributed by atoms with Crippen molar-refractivity contribution in [3.8, 4) is 11.5 Å². The summed E-state index contributed by atoms with van der Waals surface area (Å²) in [4.78, 5) is 23.8. The standard InChI is InChI=1S/C18H18N2O5/c1-23-13-6-8-14(9-7-13)24-11-10-19-17(21)12-20-15-4-2-3-5-16(15)25-18(20)22/h2-9H,10-12H2,1H3,(H,19,21). The lowest BCUT2D eigenvalue weighted by atomic mass is 10.3. The van der Waals surface area contributed by atoms with Crippen LogP contribution < -0.4 is 20.5 Å². The molecule has 0 spiro atoms. The number of aromatic nitrogens is 1. The maximum absolute atomic E-state index is 12.0. The Morgan fingerprint density at radius 1 is 1.12 bits per heavy atom. The number of ether oxygens (including phenoxy) is 2. The minimum atomic E-state index is -0.550. The highest BCUT2D eigenvalue weighted by atomic mass is 16.5. The number of carbonyl (C=O) groups is 1. The monoisotopic (exact) mass is 342 g/mol. The summed E-state index contributed by atoms with van der Waals surface area (Å²) in [7, 11) is 1.60. The van der Waals surface area contributed by atoms with Crippen molar-refractivity contribution >= 4 is 17.0 Å². The number of rotatable bonds is 7. The quantitative estimate of drug-likeness (QED) is 0.662. The molecule has 0 aliphatic rings. The van der Waals surface area contributed by atoms with Gasteiger partial charge in [-0.1, -0.05) is 12.1 Å². The number of benzene rings is 2. The molecule has 3 aromatic rings. The molecule has 1 N–H and O–H groups in total. The molecule has 25 heavy (non-hydrogen) atoms. The number of oxazole rings is 1. The summed E-state index contributed by atoms with van der Waals surface area (Å²) in [5.74, 6) is 0.600. The minimum Gasteiger partial charge on any atom is -0.497 e. The van der Waals surface area contributed by atoms with Crippen LogP contribution in [0.1, 0.15) is 0 Å². The third-order valence-electron chi connectivity index (χ3n) is 3.63. The number of fused-ring (bicyclic) bond motifs is 1. The number of hydrogen-bond donors (Lipinski definition) is 1. The molecule has 0 saturated carbocycles. The van der Waals surface area contributed by atoms with Crippen LogP contribution in [-0.2, 0) is 11.3 Å². The van der Waals surface area contributed by atoms with Crippen LogP contribution in [0.4, 0.5) is 0 Å². The van der Waals surface area contributed by atoms with E-state index in [4.69, 9.17) is 13.9 Å². The number of hydrogen-bond acceptors (Lipinski definition) is 5. The van der Waals surface area contributed by atoms with E-state index in [1.54, 1.807) is 55.6 Å². The molecule has 0 unspecified atom stereocenters. The Hall–Kier alpha value is -3.22. The van der Waals surface area contributed by atoms with Gasteiger partial charge in [-0.05, 0) is 36.4 Å². The van der Waals surface area contributed by atoms with Gasteiger partial charge in [-0.15, -0.1) is 0 Å². The number of nitrogens with one attached hydrogen (secondary N) is 1. The normalized spacial score (nSPS) is 10.6. The van der Waals surface area contributed by atoms with Crippen LogP contribution in [-0.4, -0.2) is 30.7 Å². The summed E-state index contributed by atoms with van der Waals surface area (Å²) in [5, 5.41) is 2.72. The highest BCUT2D eigenvalue weighted by molar-refractivity contribution is 5.79. The lowest BCUT2D eigenvalue weighted by Gasteiger charge is -2.08. The molecule has 7 nitrogen and oxygen atoms in total. The van der Waals surface area contributed by atoms with Crippen LogP contribution in [0, 0.1) is 0 Å². The second kappa shape index (κ2) is 7.57. The Kier molecular flexibility index (Phi) is 5.03. The lowest BCUT2D eigenvalue weighted by molar-refractivity contribution is -0.121. The fourth-order valence-electron chi connectivity index (χ4n) is 2.39. The van der Waals surface area contributed by atoms with Crippen molar-refractivity contribution in [2.24, 2.45) is 0 Å². The number of carbonyl (C=O) groups excluding carboxylic acids is 1. The molecule has 0 radical (unpaired) electrons. The van der Waals surface area contributed by atoms with Gasteiger partial charge in [0.15, 0.2) is 5.58 Å². The summed E-state index contributed by atoms with van der Waals surface area (Å²) in [6.07, 6.45) is 0. The fraction of sp³-hybridized carbons (Fsp3) is 0.222. The highest BCUT2D eigenvalue weighted by Gasteiger charge is 2.11. The molecule has 0 aliphatic heterocycles. The Balaban J connectivity index is 1.49. The van der Waals surface area contributed by atoms with Crippen LogP contribution in [0.25, 0.3) is 11.1 Å². The van der Waals surface area contributed by atoms with E-state index < -0.39 is 5.76 Å². The largest absolute Gasteiger partial charge is 0.497 e. The average molecular weight is 342 g/mol. The second-order valence-corrected chi connectivity index (χ2v) is 5.30. The lowest BCUT2D eigenvalue weighted by Crippen LogP contribution is -2.33. The van der Waals surface area contributed by atoms with E-state index in [1.807, 2.05) is 0 Å². The van der Waals surface area contributed by atoms with Gasteiger partial charge in [0.05, 0.1) is 19.2 Å². The molecule has 0 bridgehead atoms. The summed E-state index contributed by atoms with van der Waals surface area (Å²) >= 11 is 0. The summed E-state index contributed by atoms with van der Waals surface area (Å²) < 4.78 is 17.0. The summed E-state index contributed by atoms with van der Waals surface area (Å²) in [6, 6.07) is 14.2. The molecular weight excluding hydrogens is 324 g/mol. The molecule has 1 heterocycles. The van der Waals surface area contributed by atoms with Crippen molar-refractivity contribution < 1.29 is 18.7 Å². The Morgan fingerprint density at radius 3 is 2.60 bits per heavy atom. The fourth-order valence-corrected chi connectivity index (χ4v) is 2.39. The van der Waals surface area contributed by atoms with Crippen LogP contribution in [0.2, 0.25) is 0 Å². The predicted octanol–water partition coefficient (Wildman–Crippen LogP) is 1.80. The van der Waals surface area contributed by atoms with Crippen molar-refractivity contribution in [3.05, 3.63) is 59.1 Å². The maximum atomic E-state index is 12.0. The van der Waals surface area contributed by atoms with Gasteiger partial charge in [-0.3, -0.25) is 9.36 Å². The number of methoxy groups -OCH3 is 1. The van der Waals surface area contributed by atoms with Crippen LogP contribution in [0.3, 0.4) is 0 Å². The van der Waals surface area contributed by atoms with Gasteiger partial charge in [0.25, 0.3) is 0 Å². The van der Waals surface area contributed by atoms with Gasteiger partial charge in [-0.25, -0.2) is 4.79 Å². The van der Waals surface area contributed by atoms with Gasteiger partial charge in [0, 0.05) is 0 Å². The Morgan fingerprint density at radius 2 is 1.84 bits per heavy atom. The Bertz CT molecular complexity index is 911. The molecule has 1 aromatic heterocycles. The molecule has 130 valence electrons. The van der Waals surface area contributed by atoms with E-state index in [1.165, 1.54) is 4.57 Å². The third kappa shape index (κ3) is 4.00. The van der Waals surface area contributed by atoms with Crippen molar-refractivity contribution in [3.63, 3.8) is 0 Å². The predicted molar refractivity (Wildman–Crippen MR) is 92.0 cm³/mol. The first kappa shape index (κ1) is 16.6. The molecule has 3 rings (SSSR count). The number of amides is 1. The van der Waals surface area contributed by atoms with E-state index >= 15 is 0 Å². The van der Waals surface area contributed by atoms with Crippen molar-refractivity contribution in [1.82, 2.24) is 9.88 Å². The smallest absolute Gasteiger partial charge is 0.420 e. The van der Waals surface area contributed by atoms with E-state index in [0.717, 1.165) is 5.75 Å². The van der Waals surface area contributed by atoms with E-state index in [-0.39, 0.29) is 12.5 Å². The van der Waals surface area contributed by atoms with Crippen LogP contribution >= 0.6 is 0 Å². The van der Waals surface area contributed by atoms with Gasteiger partial charge in [0.1, 0.15) is 24.7 Å². The number of nitrogens with zero attached hydrogens (tertiary/aromatic N) is 1. The SMILES string of the molecule is COc1ccc(OCCNC(=O)Cn2c(=O)oc3ccccc32)cc1. The first-order chi connectivity index (χ1) is 12.2. The second-order valence-electron chi connectivity index (χ2n) is 5.30. The molecule has 0 aliphatic carbocycles. The first-order valence-corrected chi connectivity index (χ1v) is 7.79. The van der Waals surface area contributed by atoms with E-state index in [9.17, 15) is 9.59 Å². The van der Waals surface area contributed by atoms with Crippen molar-refractivity contribution in [1.29, 1.82) is 0 Å². The average Bonchev–Trinajstić information content (AvgIpc) is 2.95. The third-order valence-corrected chi connectivity index (χ3v) is 3.63. The summed E-state index contributed by atoms with van der Waals surface area (Å²) in [5.41, 5.74) is 1.06. The first-order valence-electron chi connectivity index (χ1n) is 7.79. The van der Waals surface area contributed by atoms with Gasteiger partial charge in [-0.2, -0.15) is 0 Å². The van der Waals surface area contributed by atoms with Gasteiger partial charge >= 0.3 is 5.76 Å². The molecular formula is C18H18N2O5.